The van der Waals surface area contributed by atoms with Crippen LogP contribution in [0.25, 0.3) is 0 Å². The first-order valence-corrected chi connectivity index (χ1v) is 9.26. The van der Waals surface area contributed by atoms with Crippen molar-refractivity contribution >= 4 is 22.9 Å². The van der Waals surface area contributed by atoms with Gasteiger partial charge < -0.3 is 10.1 Å². The summed E-state index contributed by atoms with van der Waals surface area (Å²) < 4.78 is 32.1. The third kappa shape index (κ3) is 4.52. The second-order valence-corrected chi connectivity index (χ2v) is 7.31. The molecule has 0 aliphatic rings. The van der Waals surface area contributed by atoms with E-state index < -0.39 is 11.6 Å². The number of thiophene rings is 1. The predicted molar refractivity (Wildman–Crippen MR) is 104 cm³/mol. The molecule has 0 fully saturated rings. The zero-order valence-corrected chi connectivity index (χ0v) is 16.0. The normalized spacial score (nSPS) is 10.7. The Morgan fingerprint density at radius 1 is 1.07 bits per heavy atom. The molecule has 0 saturated carbocycles. The molecule has 3 rings (SSSR count). The van der Waals surface area contributed by atoms with Gasteiger partial charge in [0.1, 0.15) is 12.4 Å². The molecule has 27 heavy (non-hydrogen) atoms. The minimum atomic E-state index is -1.00. The second-order valence-electron chi connectivity index (χ2n) is 6.40. The molecule has 140 valence electrons. The van der Waals surface area contributed by atoms with E-state index in [0.717, 1.165) is 34.6 Å². The molecule has 0 spiro atoms. The van der Waals surface area contributed by atoms with Gasteiger partial charge in [-0.3, -0.25) is 4.79 Å². The van der Waals surface area contributed by atoms with E-state index in [4.69, 9.17) is 4.74 Å². The van der Waals surface area contributed by atoms with Crippen molar-refractivity contribution < 1.29 is 18.3 Å². The zero-order chi connectivity index (χ0) is 19.6. The number of carbonyl (C=O) groups is 1. The van der Waals surface area contributed by atoms with E-state index in [1.165, 1.54) is 23.0 Å². The van der Waals surface area contributed by atoms with E-state index in [1.807, 2.05) is 32.2 Å². The topological polar surface area (TPSA) is 38.3 Å². The second kappa shape index (κ2) is 7.88. The summed E-state index contributed by atoms with van der Waals surface area (Å²) in [6, 6.07) is 9.08. The van der Waals surface area contributed by atoms with Crippen molar-refractivity contribution in [2.75, 3.05) is 5.32 Å². The van der Waals surface area contributed by atoms with Gasteiger partial charge in [0.05, 0.1) is 4.88 Å². The quantitative estimate of drug-likeness (QED) is 0.602. The number of anilines is 1. The fourth-order valence-electron chi connectivity index (χ4n) is 2.65. The summed E-state index contributed by atoms with van der Waals surface area (Å²) in [5, 5.41) is 4.41. The van der Waals surface area contributed by atoms with Crippen molar-refractivity contribution in [3.8, 4) is 5.75 Å². The Morgan fingerprint density at radius 3 is 2.59 bits per heavy atom. The Balaban J connectivity index is 1.66. The maximum absolute atomic E-state index is 13.2. The van der Waals surface area contributed by atoms with E-state index in [2.05, 4.69) is 11.4 Å². The maximum Gasteiger partial charge on any atom is 0.265 e. The highest BCUT2D eigenvalue weighted by molar-refractivity contribution is 7.12. The first-order chi connectivity index (χ1) is 12.8. The lowest BCUT2D eigenvalue weighted by Gasteiger charge is -2.11. The molecule has 6 heteroatoms. The summed E-state index contributed by atoms with van der Waals surface area (Å²) in [5.41, 5.74) is 4.46. The standard InChI is InChI=1S/C21H19F2NO2S/c1-12-6-13(2)14(3)19(7-12)26-10-15-8-20(27-11-15)21(25)24-16-4-5-17(22)18(23)9-16/h4-9,11H,10H2,1-3H3,(H,24,25). The van der Waals surface area contributed by atoms with E-state index in [9.17, 15) is 13.6 Å². The van der Waals surface area contributed by atoms with Crippen LogP contribution in [0.3, 0.4) is 0 Å². The molecule has 0 aliphatic heterocycles. The van der Waals surface area contributed by atoms with Gasteiger partial charge in [-0.05, 0) is 67.1 Å². The van der Waals surface area contributed by atoms with Crippen molar-refractivity contribution in [1.29, 1.82) is 0 Å². The number of benzene rings is 2. The molecule has 1 heterocycles. The lowest BCUT2D eigenvalue weighted by Crippen LogP contribution is -2.10. The highest BCUT2D eigenvalue weighted by Gasteiger charge is 2.12. The van der Waals surface area contributed by atoms with Crippen LogP contribution in [-0.2, 0) is 6.61 Å². The van der Waals surface area contributed by atoms with Gasteiger partial charge in [0.15, 0.2) is 11.6 Å². The molecule has 0 atom stereocenters. The number of amides is 1. The minimum absolute atomic E-state index is 0.205. The number of ether oxygens (including phenoxy) is 1. The van der Waals surface area contributed by atoms with Crippen LogP contribution in [0.1, 0.15) is 31.9 Å². The fraction of sp³-hybridized carbons (Fsp3) is 0.190. The Kier molecular flexibility index (Phi) is 5.56. The van der Waals surface area contributed by atoms with Crippen LogP contribution in [-0.4, -0.2) is 5.91 Å². The molecule has 0 bridgehead atoms. The largest absolute Gasteiger partial charge is 0.489 e. The highest BCUT2D eigenvalue weighted by Crippen LogP contribution is 2.25. The molecular formula is C21H19F2NO2S. The monoisotopic (exact) mass is 387 g/mol. The SMILES string of the molecule is Cc1cc(C)c(C)c(OCc2csc(C(=O)Nc3ccc(F)c(F)c3)c2)c1. The lowest BCUT2D eigenvalue weighted by molar-refractivity contribution is 0.103. The molecular weight excluding hydrogens is 368 g/mol. The van der Waals surface area contributed by atoms with Crippen LogP contribution in [0, 0.1) is 32.4 Å². The number of hydrogen-bond donors (Lipinski definition) is 1. The summed E-state index contributed by atoms with van der Waals surface area (Å²) in [7, 11) is 0. The van der Waals surface area contributed by atoms with Crippen molar-refractivity contribution in [2.24, 2.45) is 0 Å². The smallest absolute Gasteiger partial charge is 0.265 e. The van der Waals surface area contributed by atoms with Crippen LogP contribution in [0.5, 0.6) is 5.75 Å². The van der Waals surface area contributed by atoms with Crippen LogP contribution >= 0.6 is 11.3 Å². The first kappa shape index (κ1) is 19.0. The van der Waals surface area contributed by atoms with E-state index >= 15 is 0 Å². The van der Waals surface area contributed by atoms with Crippen LogP contribution in [0.4, 0.5) is 14.5 Å². The van der Waals surface area contributed by atoms with Gasteiger partial charge >= 0.3 is 0 Å². The van der Waals surface area contributed by atoms with Gasteiger partial charge in [-0.2, -0.15) is 0 Å². The molecule has 1 N–H and O–H groups in total. The van der Waals surface area contributed by atoms with Crippen molar-refractivity contribution in [3.05, 3.63) is 80.5 Å². The molecule has 3 aromatic rings. The molecule has 3 nitrogen and oxygen atoms in total. The third-order valence-corrected chi connectivity index (χ3v) is 5.19. The van der Waals surface area contributed by atoms with Gasteiger partial charge in [-0.15, -0.1) is 11.3 Å². The highest BCUT2D eigenvalue weighted by atomic mass is 32.1. The number of hydrogen-bond acceptors (Lipinski definition) is 3. The molecule has 1 amide bonds. The summed E-state index contributed by atoms with van der Waals surface area (Å²) in [6.45, 7) is 6.42. The summed E-state index contributed by atoms with van der Waals surface area (Å²) in [5.74, 6) is -1.51. The van der Waals surface area contributed by atoms with Gasteiger partial charge in [-0.1, -0.05) is 6.07 Å². The lowest BCUT2D eigenvalue weighted by atomic mass is 10.1. The Morgan fingerprint density at radius 2 is 1.85 bits per heavy atom. The predicted octanol–water partition coefficient (Wildman–Crippen LogP) is 5.78. The van der Waals surface area contributed by atoms with Gasteiger partial charge in [0.25, 0.3) is 5.91 Å². The van der Waals surface area contributed by atoms with Gasteiger partial charge in [0.2, 0.25) is 0 Å². The first-order valence-electron chi connectivity index (χ1n) is 8.38. The number of rotatable bonds is 5. The van der Waals surface area contributed by atoms with Crippen LogP contribution in [0.15, 0.2) is 41.8 Å². The average Bonchev–Trinajstić information content (AvgIpc) is 3.09. The summed E-state index contributed by atoms with van der Waals surface area (Å²) in [6.07, 6.45) is 0. The van der Waals surface area contributed by atoms with E-state index in [1.54, 1.807) is 6.07 Å². The number of carbonyl (C=O) groups excluding carboxylic acids is 1. The molecule has 0 aliphatic carbocycles. The summed E-state index contributed by atoms with van der Waals surface area (Å²) >= 11 is 1.27. The van der Waals surface area contributed by atoms with Crippen LogP contribution < -0.4 is 10.1 Å². The molecule has 0 radical (unpaired) electrons. The van der Waals surface area contributed by atoms with Crippen molar-refractivity contribution in [1.82, 2.24) is 0 Å². The van der Waals surface area contributed by atoms with E-state index in [0.29, 0.717) is 11.5 Å². The third-order valence-electron chi connectivity index (χ3n) is 4.21. The molecule has 1 aromatic heterocycles. The van der Waals surface area contributed by atoms with Gasteiger partial charge in [-0.25, -0.2) is 8.78 Å². The number of halogens is 2. The van der Waals surface area contributed by atoms with Gasteiger partial charge in [0, 0.05) is 17.3 Å². The van der Waals surface area contributed by atoms with Crippen molar-refractivity contribution in [3.63, 3.8) is 0 Å². The zero-order valence-electron chi connectivity index (χ0n) is 15.2. The Bertz CT molecular complexity index is 998. The van der Waals surface area contributed by atoms with Crippen LogP contribution in [0.2, 0.25) is 0 Å². The number of aryl methyl sites for hydroxylation is 2. The fourth-order valence-corrected chi connectivity index (χ4v) is 3.44. The summed E-state index contributed by atoms with van der Waals surface area (Å²) in [4.78, 5) is 12.8. The molecule has 0 saturated heterocycles. The molecule has 2 aromatic carbocycles. The Hall–Kier alpha value is -2.73. The van der Waals surface area contributed by atoms with Crippen molar-refractivity contribution in [2.45, 2.75) is 27.4 Å². The molecule has 0 unspecified atom stereocenters. The maximum atomic E-state index is 13.2. The number of nitrogens with one attached hydrogen (secondary N) is 1. The Labute approximate surface area is 160 Å². The minimum Gasteiger partial charge on any atom is -0.489 e. The average molecular weight is 387 g/mol. The van der Waals surface area contributed by atoms with E-state index in [-0.39, 0.29) is 11.6 Å².